The Morgan fingerprint density at radius 3 is 3.00 bits per heavy atom. The maximum absolute atomic E-state index is 13.4. The molecular formula is C10H10BrFN4O. The van der Waals surface area contributed by atoms with Gasteiger partial charge in [0.25, 0.3) is 0 Å². The van der Waals surface area contributed by atoms with Crippen molar-refractivity contribution in [1.82, 2.24) is 14.9 Å². The van der Waals surface area contributed by atoms with E-state index in [4.69, 9.17) is 5.73 Å². The van der Waals surface area contributed by atoms with Gasteiger partial charge in [0.05, 0.1) is 15.5 Å². The first-order valence-corrected chi connectivity index (χ1v) is 5.63. The highest BCUT2D eigenvalue weighted by atomic mass is 79.9. The summed E-state index contributed by atoms with van der Waals surface area (Å²) in [6, 6.07) is 2.83. The monoisotopic (exact) mass is 300 g/mol. The highest BCUT2D eigenvalue weighted by Gasteiger charge is 2.13. The molecule has 2 rings (SSSR count). The number of carbonyl (C=O) groups is 1. The first-order valence-electron chi connectivity index (χ1n) is 4.84. The van der Waals surface area contributed by atoms with Crippen molar-refractivity contribution in [3.05, 3.63) is 22.4 Å². The van der Waals surface area contributed by atoms with Gasteiger partial charge >= 0.3 is 0 Å². The summed E-state index contributed by atoms with van der Waals surface area (Å²) in [4.78, 5) is 15.4. The number of imidazole rings is 1. The Morgan fingerprint density at radius 2 is 2.35 bits per heavy atom. The third-order valence-corrected chi connectivity index (χ3v) is 3.01. The molecule has 7 heteroatoms. The zero-order chi connectivity index (χ0) is 12.6. The Labute approximate surface area is 105 Å². The molecule has 0 spiro atoms. The molecular weight excluding hydrogens is 291 g/mol. The van der Waals surface area contributed by atoms with Crippen LogP contribution in [0.4, 0.5) is 10.3 Å². The van der Waals surface area contributed by atoms with Crippen LogP contribution < -0.4 is 11.1 Å². The number of nitrogens with two attached hydrogens (primary N) is 1. The lowest BCUT2D eigenvalue weighted by Gasteiger charge is -2.05. The van der Waals surface area contributed by atoms with Gasteiger partial charge in [0.1, 0.15) is 12.4 Å². The molecule has 0 saturated heterocycles. The van der Waals surface area contributed by atoms with Gasteiger partial charge in [0, 0.05) is 13.1 Å². The first-order chi connectivity index (χ1) is 8.02. The van der Waals surface area contributed by atoms with Crippen molar-refractivity contribution in [2.75, 3.05) is 12.8 Å². The molecule has 0 aliphatic heterocycles. The highest BCUT2D eigenvalue weighted by Crippen LogP contribution is 2.24. The van der Waals surface area contributed by atoms with Gasteiger partial charge in [-0.3, -0.25) is 4.79 Å². The molecule has 5 nitrogen and oxygen atoms in total. The molecule has 1 amide bonds. The molecule has 0 radical (unpaired) electrons. The van der Waals surface area contributed by atoms with Crippen LogP contribution in [0, 0.1) is 5.82 Å². The van der Waals surface area contributed by atoms with E-state index in [9.17, 15) is 9.18 Å². The average molecular weight is 301 g/mol. The Bertz CT molecular complexity index is 595. The molecule has 3 N–H and O–H groups in total. The lowest BCUT2D eigenvalue weighted by atomic mass is 10.3. The fraction of sp³-hybridized carbons (Fsp3) is 0.200. The summed E-state index contributed by atoms with van der Waals surface area (Å²) in [5.74, 6) is -0.462. The molecule has 0 aliphatic carbocycles. The van der Waals surface area contributed by atoms with Crippen molar-refractivity contribution in [3.63, 3.8) is 0 Å². The lowest BCUT2D eigenvalue weighted by Crippen LogP contribution is -2.24. The van der Waals surface area contributed by atoms with E-state index in [2.05, 4.69) is 26.2 Å². The molecule has 1 heterocycles. The van der Waals surface area contributed by atoms with Crippen LogP contribution in [0.25, 0.3) is 11.0 Å². The zero-order valence-corrected chi connectivity index (χ0v) is 10.6. The van der Waals surface area contributed by atoms with Crippen LogP contribution in [0.1, 0.15) is 0 Å². The molecule has 1 aromatic heterocycles. The maximum Gasteiger partial charge on any atom is 0.239 e. The van der Waals surface area contributed by atoms with Crippen molar-refractivity contribution in [3.8, 4) is 0 Å². The Hall–Kier alpha value is -1.63. The third-order valence-electron chi connectivity index (χ3n) is 2.40. The van der Waals surface area contributed by atoms with Gasteiger partial charge in [-0.15, -0.1) is 0 Å². The summed E-state index contributed by atoms with van der Waals surface area (Å²) in [5.41, 5.74) is 6.72. The number of fused-ring (bicyclic) bond motifs is 1. The summed E-state index contributed by atoms with van der Waals surface area (Å²) < 4.78 is 15.2. The van der Waals surface area contributed by atoms with E-state index < -0.39 is 5.82 Å². The van der Waals surface area contributed by atoms with Crippen LogP contribution >= 0.6 is 15.9 Å². The van der Waals surface area contributed by atoms with Crippen molar-refractivity contribution in [2.24, 2.45) is 0 Å². The van der Waals surface area contributed by atoms with Crippen molar-refractivity contribution >= 4 is 38.8 Å². The van der Waals surface area contributed by atoms with Crippen LogP contribution in [0.2, 0.25) is 0 Å². The molecule has 0 atom stereocenters. The first kappa shape index (κ1) is 11.8. The van der Waals surface area contributed by atoms with Gasteiger partial charge in [0.2, 0.25) is 11.9 Å². The van der Waals surface area contributed by atoms with Gasteiger partial charge in [-0.2, -0.15) is 0 Å². The number of halogens is 2. The van der Waals surface area contributed by atoms with E-state index in [0.29, 0.717) is 15.5 Å². The molecule has 0 aliphatic rings. The second kappa shape index (κ2) is 4.33. The predicted octanol–water partition coefficient (Wildman–Crippen LogP) is 1.27. The lowest BCUT2D eigenvalue weighted by molar-refractivity contribution is -0.121. The predicted molar refractivity (Wildman–Crippen MR) is 65.9 cm³/mol. The van der Waals surface area contributed by atoms with E-state index in [1.54, 1.807) is 0 Å². The Morgan fingerprint density at radius 1 is 1.65 bits per heavy atom. The van der Waals surface area contributed by atoms with Crippen LogP contribution in [0.5, 0.6) is 0 Å². The minimum atomic E-state index is -0.421. The van der Waals surface area contributed by atoms with Crippen LogP contribution in [0.3, 0.4) is 0 Å². The van der Waals surface area contributed by atoms with Crippen LogP contribution in [-0.4, -0.2) is 22.5 Å². The Kier molecular flexibility index (Phi) is 3.01. The minimum absolute atomic E-state index is 0.0138. The molecule has 0 saturated carbocycles. The number of nitrogens with one attached hydrogen (secondary N) is 1. The van der Waals surface area contributed by atoms with Crippen LogP contribution in [-0.2, 0) is 11.3 Å². The Balaban J connectivity index is 2.58. The molecule has 2 aromatic rings. The largest absolute Gasteiger partial charge is 0.369 e. The van der Waals surface area contributed by atoms with E-state index in [1.165, 1.54) is 23.7 Å². The van der Waals surface area contributed by atoms with Gasteiger partial charge in [-0.25, -0.2) is 9.37 Å². The summed E-state index contributed by atoms with van der Waals surface area (Å²) in [6.45, 7) is 0.0138. The molecule has 17 heavy (non-hydrogen) atoms. The summed E-state index contributed by atoms with van der Waals surface area (Å²) in [5, 5.41) is 2.48. The fourth-order valence-corrected chi connectivity index (χ4v) is 1.86. The van der Waals surface area contributed by atoms with E-state index in [-0.39, 0.29) is 18.4 Å². The second-order valence-corrected chi connectivity index (χ2v) is 4.34. The van der Waals surface area contributed by atoms with E-state index >= 15 is 0 Å². The third kappa shape index (κ3) is 2.10. The number of hydrogen-bond donors (Lipinski definition) is 2. The SMILES string of the molecule is CNC(=O)Cn1c(N)nc2cc(Br)c(F)cc21. The van der Waals surface area contributed by atoms with E-state index in [0.717, 1.165) is 0 Å². The quantitative estimate of drug-likeness (QED) is 0.877. The molecule has 90 valence electrons. The average Bonchev–Trinajstić information content (AvgIpc) is 2.56. The van der Waals surface area contributed by atoms with Gasteiger partial charge in [-0.1, -0.05) is 0 Å². The number of rotatable bonds is 2. The molecule has 0 bridgehead atoms. The van der Waals surface area contributed by atoms with Gasteiger partial charge in [0.15, 0.2) is 0 Å². The van der Waals surface area contributed by atoms with Crippen molar-refractivity contribution in [1.29, 1.82) is 0 Å². The number of carbonyl (C=O) groups excluding carboxylic acids is 1. The minimum Gasteiger partial charge on any atom is -0.369 e. The fourth-order valence-electron chi connectivity index (χ4n) is 1.53. The standard InChI is InChI=1S/C10H10BrFN4O/c1-14-9(17)4-16-8-3-6(12)5(11)2-7(8)15-10(16)13/h2-3H,4H2,1H3,(H2,13,15)(H,14,17). The number of nitrogen functional groups attached to an aromatic ring is 1. The number of hydrogen-bond acceptors (Lipinski definition) is 3. The van der Waals surface area contributed by atoms with Gasteiger partial charge < -0.3 is 15.6 Å². The van der Waals surface area contributed by atoms with Crippen LogP contribution in [0.15, 0.2) is 16.6 Å². The van der Waals surface area contributed by atoms with Crippen molar-refractivity contribution < 1.29 is 9.18 Å². The summed E-state index contributed by atoms with van der Waals surface area (Å²) in [6.07, 6.45) is 0. The van der Waals surface area contributed by atoms with E-state index in [1.807, 2.05) is 0 Å². The van der Waals surface area contributed by atoms with Crippen molar-refractivity contribution in [2.45, 2.75) is 6.54 Å². The number of aromatic nitrogens is 2. The number of nitrogens with zero attached hydrogens (tertiary/aromatic N) is 2. The summed E-state index contributed by atoms with van der Waals surface area (Å²) in [7, 11) is 1.52. The summed E-state index contributed by atoms with van der Waals surface area (Å²) >= 11 is 3.07. The number of benzene rings is 1. The van der Waals surface area contributed by atoms with Gasteiger partial charge in [-0.05, 0) is 22.0 Å². The second-order valence-electron chi connectivity index (χ2n) is 3.48. The normalized spacial score (nSPS) is 10.8. The zero-order valence-electron chi connectivity index (χ0n) is 9.00. The molecule has 1 aromatic carbocycles. The highest BCUT2D eigenvalue weighted by molar-refractivity contribution is 9.10. The molecule has 0 fully saturated rings. The topological polar surface area (TPSA) is 72.9 Å². The smallest absolute Gasteiger partial charge is 0.239 e. The maximum atomic E-state index is 13.4. The number of anilines is 1. The number of likely N-dealkylation sites (N-methyl/N-ethyl adjacent to an activating group) is 1. The number of amides is 1. The molecule has 0 unspecified atom stereocenters.